The van der Waals surface area contributed by atoms with Crippen molar-refractivity contribution in [1.29, 1.82) is 0 Å². The van der Waals surface area contributed by atoms with Crippen LogP contribution in [0.3, 0.4) is 0 Å². The summed E-state index contributed by atoms with van der Waals surface area (Å²) in [6, 6.07) is 7.07. The zero-order valence-electron chi connectivity index (χ0n) is 19.6. The molecule has 4 heteroatoms. The molecule has 0 N–H and O–H groups in total. The molecule has 1 aromatic rings. The van der Waals surface area contributed by atoms with Crippen molar-refractivity contribution in [3.63, 3.8) is 0 Å². The second-order valence-corrected chi connectivity index (χ2v) is 10.2. The first-order chi connectivity index (χ1) is 15.2. The summed E-state index contributed by atoms with van der Waals surface area (Å²) in [7, 11) is 2.26. The summed E-state index contributed by atoms with van der Waals surface area (Å²) in [6.07, 6.45) is 12.8. The molecule has 31 heavy (non-hydrogen) atoms. The highest BCUT2D eigenvalue weighted by atomic mass is 15.3. The Labute approximate surface area is 189 Å². The van der Waals surface area contributed by atoms with Gasteiger partial charge in [0, 0.05) is 77.3 Å². The average Bonchev–Trinajstić information content (AvgIpc) is 3.58. The van der Waals surface area contributed by atoms with Gasteiger partial charge >= 0.3 is 0 Å². The number of aryl methyl sites for hydroxylation is 1. The van der Waals surface area contributed by atoms with Gasteiger partial charge in [-0.15, -0.1) is 0 Å². The van der Waals surface area contributed by atoms with Crippen molar-refractivity contribution in [2.75, 3.05) is 75.8 Å². The number of hydrogen-bond acceptors (Lipinski definition) is 4. The Kier molecular flexibility index (Phi) is 6.38. The standard InChI is InChI=1S/C27H40N4/c1-22-18-26(31-10-4-3-5-11-31)8-9-27(22)28(2)12-13-29-14-16-30(17-15-29)21-23-6-7-24-20-25(24)19-23/h6-9,18-19,24-25H,3-5,10-17,20-21H2,1-2H3. The van der Waals surface area contributed by atoms with E-state index < -0.39 is 0 Å². The van der Waals surface area contributed by atoms with Gasteiger partial charge in [-0.3, -0.25) is 9.80 Å². The molecule has 2 atom stereocenters. The normalized spacial score (nSPS) is 26.5. The van der Waals surface area contributed by atoms with Gasteiger partial charge in [-0.25, -0.2) is 0 Å². The van der Waals surface area contributed by atoms with Crippen molar-refractivity contribution in [3.05, 3.63) is 47.6 Å². The Morgan fingerprint density at radius 3 is 2.45 bits per heavy atom. The molecule has 1 aromatic carbocycles. The van der Waals surface area contributed by atoms with Crippen molar-refractivity contribution in [2.45, 2.75) is 32.6 Å². The molecule has 2 aliphatic heterocycles. The van der Waals surface area contributed by atoms with E-state index >= 15 is 0 Å². The molecule has 1 saturated carbocycles. The zero-order valence-corrected chi connectivity index (χ0v) is 19.6. The molecule has 2 saturated heterocycles. The minimum atomic E-state index is 0.870. The van der Waals surface area contributed by atoms with E-state index in [4.69, 9.17) is 0 Å². The van der Waals surface area contributed by atoms with Gasteiger partial charge in [-0.05, 0) is 73.8 Å². The minimum absolute atomic E-state index is 0.870. The van der Waals surface area contributed by atoms with Crippen LogP contribution in [0.2, 0.25) is 0 Å². The minimum Gasteiger partial charge on any atom is -0.373 e. The lowest BCUT2D eigenvalue weighted by Crippen LogP contribution is -2.48. The van der Waals surface area contributed by atoms with E-state index in [1.807, 2.05) is 0 Å². The number of fused-ring (bicyclic) bond motifs is 1. The highest BCUT2D eigenvalue weighted by Crippen LogP contribution is 2.44. The van der Waals surface area contributed by atoms with Gasteiger partial charge in [0.05, 0.1) is 0 Å². The third kappa shape index (κ3) is 5.18. The van der Waals surface area contributed by atoms with Crippen molar-refractivity contribution >= 4 is 11.4 Å². The van der Waals surface area contributed by atoms with Crippen LogP contribution < -0.4 is 9.80 Å². The summed E-state index contributed by atoms with van der Waals surface area (Å²) < 4.78 is 0. The predicted molar refractivity (Wildman–Crippen MR) is 132 cm³/mol. The molecule has 4 nitrogen and oxygen atoms in total. The van der Waals surface area contributed by atoms with Gasteiger partial charge in [0.2, 0.25) is 0 Å². The van der Waals surface area contributed by atoms with Gasteiger partial charge in [0.15, 0.2) is 0 Å². The smallest absolute Gasteiger partial charge is 0.0395 e. The molecular formula is C27H40N4. The fourth-order valence-corrected chi connectivity index (χ4v) is 5.59. The molecule has 168 valence electrons. The molecular weight excluding hydrogens is 380 g/mol. The largest absolute Gasteiger partial charge is 0.373 e. The lowest BCUT2D eigenvalue weighted by molar-refractivity contribution is 0.143. The Hall–Kier alpha value is -1.78. The first-order valence-electron chi connectivity index (χ1n) is 12.6. The van der Waals surface area contributed by atoms with E-state index in [1.165, 1.54) is 81.9 Å². The van der Waals surface area contributed by atoms with E-state index in [2.05, 4.69) is 70.0 Å². The lowest BCUT2D eigenvalue weighted by atomic mass is 10.1. The van der Waals surface area contributed by atoms with E-state index in [9.17, 15) is 0 Å². The van der Waals surface area contributed by atoms with Crippen LogP contribution in [0.4, 0.5) is 11.4 Å². The summed E-state index contributed by atoms with van der Waals surface area (Å²) >= 11 is 0. The second kappa shape index (κ2) is 9.38. The highest BCUT2D eigenvalue weighted by Gasteiger charge is 2.35. The first kappa shape index (κ1) is 21.1. The number of piperidine rings is 1. The fraction of sp³-hybridized carbons (Fsp3) is 0.630. The lowest BCUT2D eigenvalue weighted by Gasteiger charge is -2.36. The van der Waals surface area contributed by atoms with Gasteiger partial charge in [-0.2, -0.15) is 0 Å². The number of piperazine rings is 1. The van der Waals surface area contributed by atoms with Crippen LogP contribution >= 0.6 is 0 Å². The number of allylic oxidation sites excluding steroid dienone is 2. The number of rotatable bonds is 7. The molecule has 2 aliphatic carbocycles. The highest BCUT2D eigenvalue weighted by molar-refractivity contribution is 5.61. The Balaban J connectivity index is 1.07. The molecule has 0 radical (unpaired) electrons. The molecule has 2 heterocycles. The molecule has 4 aliphatic rings. The van der Waals surface area contributed by atoms with Crippen LogP contribution in [0.1, 0.15) is 31.2 Å². The maximum atomic E-state index is 2.65. The predicted octanol–water partition coefficient (Wildman–Crippen LogP) is 4.17. The molecule has 0 bridgehead atoms. The monoisotopic (exact) mass is 420 g/mol. The van der Waals surface area contributed by atoms with E-state index in [0.29, 0.717) is 0 Å². The zero-order chi connectivity index (χ0) is 21.2. The molecule has 0 spiro atoms. The SMILES string of the molecule is Cc1cc(N2CCCCC2)ccc1N(C)CCN1CCN(CC2=CC3CC3C=C2)CC1. The second-order valence-electron chi connectivity index (χ2n) is 10.2. The van der Waals surface area contributed by atoms with Crippen LogP contribution in [0.15, 0.2) is 42.0 Å². The summed E-state index contributed by atoms with van der Waals surface area (Å²) in [6.45, 7) is 12.9. The summed E-state index contributed by atoms with van der Waals surface area (Å²) in [4.78, 5) is 10.3. The van der Waals surface area contributed by atoms with Gasteiger partial charge < -0.3 is 9.80 Å². The average molecular weight is 421 g/mol. The van der Waals surface area contributed by atoms with E-state index in [1.54, 1.807) is 5.57 Å². The van der Waals surface area contributed by atoms with Crippen LogP contribution in [0.25, 0.3) is 0 Å². The van der Waals surface area contributed by atoms with E-state index in [0.717, 1.165) is 31.5 Å². The van der Waals surface area contributed by atoms with Crippen molar-refractivity contribution < 1.29 is 0 Å². The van der Waals surface area contributed by atoms with Crippen LogP contribution in [0.5, 0.6) is 0 Å². The van der Waals surface area contributed by atoms with Gasteiger partial charge in [0.1, 0.15) is 0 Å². The third-order valence-electron chi connectivity index (χ3n) is 7.81. The number of benzene rings is 1. The van der Waals surface area contributed by atoms with Crippen LogP contribution in [0, 0.1) is 18.8 Å². The maximum Gasteiger partial charge on any atom is 0.0395 e. The fourth-order valence-electron chi connectivity index (χ4n) is 5.59. The summed E-state index contributed by atoms with van der Waals surface area (Å²) in [5, 5.41) is 0. The number of likely N-dealkylation sites (N-methyl/N-ethyl adjacent to an activating group) is 1. The van der Waals surface area contributed by atoms with E-state index in [-0.39, 0.29) is 0 Å². The Morgan fingerprint density at radius 2 is 1.71 bits per heavy atom. The molecule has 5 rings (SSSR count). The maximum absolute atomic E-state index is 2.65. The van der Waals surface area contributed by atoms with Crippen molar-refractivity contribution in [1.82, 2.24) is 9.80 Å². The van der Waals surface area contributed by atoms with Crippen molar-refractivity contribution in [3.8, 4) is 0 Å². The third-order valence-corrected chi connectivity index (χ3v) is 7.81. The van der Waals surface area contributed by atoms with Gasteiger partial charge in [-0.1, -0.05) is 18.2 Å². The molecule has 0 amide bonds. The summed E-state index contributed by atoms with van der Waals surface area (Å²) in [5.74, 6) is 1.75. The van der Waals surface area contributed by atoms with Crippen LogP contribution in [-0.2, 0) is 0 Å². The van der Waals surface area contributed by atoms with Gasteiger partial charge in [0.25, 0.3) is 0 Å². The summed E-state index contributed by atoms with van der Waals surface area (Å²) in [5.41, 5.74) is 5.75. The topological polar surface area (TPSA) is 13.0 Å². The quantitative estimate of drug-likeness (QED) is 0.656. The first-order valence-corrected chi connectivity index (χ1v) is 12.6. The Bertz CT molecular complexity index is 815. The molecule has 2 unspecified atom stereocenters. The number of nitrogens with zero attached hydrogens (tertiary/aromatic N) is 4. The molecule has 3 fully saturated rings. The molecule has 0 aromatic heterocycles. The Morgan fingerprint density at radius 1 is 0.935 bits per heavy atom. The van der Waals surface area contributed by atoms with Crippen molar-refractivity contribution in [2.24, 2.45) is 11.8 Å². The number of hydrogen-bond donors (Lipinski definition) is 0. The number of anilines is 2. The van der Waals surface area contributed by atoms with Crippen LogP contribution in [-0.4, -0.2) is 75.8 Å².